The Hall–Kier alpha value is -1.95. The van der Waals surface area contributed by atoms with Gasteiger partial charge in [0.25, 0.3) is 0 Å². The van der Waals surface area contributed by atoms with Gasteiger partial charge >= 0.3 is 0 Å². The summed E-state index contributed by atoms with van der Waals surface area (Å²) in [6.07, 6.45) is 7.52. The molecule has 0 amide bonds. The van der Waals surface area contributed by atoms with E-state index in [1.165, 1.54) is 12.0 Å². The van der Waals surface area contributed by atoms with Crippen molar-refractivity contribution in [2.24, 2.45) is 0 Å². The molecule has 1 saturated heterocycles. The van der Waals surface area contributed by atoms with Crippen LogP contribution in [0.4, 0.5) is 0 Å². The largest absolute Gasteiger partial charge is 0.490 e. The first-order chi connectivity index (χ1) is 12.8. The number of hydrogen-bond donors (Lipinski definition) is 2. The maximum atomic E-state index is 8.71. The first-order valence-electron chi connectivity index (χ1n) is 9.44. The molecule has 0 spiro atoms. The molecule has 0 bridgehead atoms. The Balaban J connectivity index is 1.48. The van der Waals surface area contributed by atoms with Crippen LogP contribution in [0.1, 0.15) is 24.8 Å². The molecule has 1 aliphatic rings. The molecule has 2 heterocycles. The lowest BCUT2D eigenvalue weighted by Gasteiger charge is -2.27. The van der Waals surface area contributed by atoms with E-state index in [0.29, 0.717) is 25.7 Å². The second-order valence-corrected chi connectivity index (χ2v) is 6.65. The fourth-order valence-corrected chi connectivity index (χ4v) is 2.85. The van der Waals surface area contributed by atoms with Crippen molar-refractivity contribution in [2.75, 3.05) is 33.0 Å². The Bertz CT molecular complexity index is 657. The molecule has 1 aromatic heterocycles. The molecule has 3 rings (SSSR count). The summed E-state index contributed by atoms with van der Waals surface area (Å²) >= 11 is 0. The van der Waals surface area contributed by atoms with Crippen LogP contribution in [0.2, 0.25) is 0 Å². The number of pyridine rings is 1. The predicted octanol–water partition coefficient (Wildman–Crippen LogP) is 2.82. The Morgan fingerprint density at radius 2 is 1.88 bits per heavy atom. The third-order valence-electron chi connectivity index (χ3n) is 4.58. The van der Waals surface area contributed by atoms with Crippen molar-refractivity contribution < 1.29 is 14.6 Å². The summed E-state index contributed by atoms with van der Waals surface area (Å²) in [5, 5.41) is 12.0. The van der Waals surface area contributed by atoms with Crippen LogP contribution in [0.5, 0.6) is 5.75 Å². The van der Waals surface area contributed by atoms with E-state index in [1.807, 2.05) is 6.20 Å². The van der Waals surface area contributed by atoms with E-state index >= 15 is 0 Å². The van der Waals surface area contributed by atoms with Crippen LogP contribution < -0.4 is 10.1 Å². The molecule has 1 fully saturated rings. The second kappa shape index (κ2) is 10.3. The number of aromatic nitrogens is 1. The van der Waals surface area contributed by atoms with Gasteiger partial charge in [-0.1, -0.05) is 24.3 Å². The maximum absolute atomic E-state index is 8.71. The normalized spacial score (nSPS) is 16.3. The standard InChI is InChI=1S/C21H28N2O3/c24-10-2-12-25-11-1-3-17-4-6-18(7-5-17)19-13-21(15-22-14-19)26-16-20-8-9-23-20/h4-7,13-15,20,23-24H,1-3,8-12,16H2/t20-/m0/s1. The first kappa shape index (κ1) is 18.8. The van der Waals surface area contributed by atoms with E-state index in [-0.39, 0.29) is 6.61 Å². The van der Waals surface area contributed by atoms with Crippen molar-refractivity contribution in [3.8, 4) is 16.9 Å². The molecule has 0 radical (unpaired) electrons. The topological polar surface area (TPSA) is 63.6 Å². The molecule has 2 N–H and O–H groups in total. The average Bonchev–Trinajstić information content (AvgIpc) is 2.64. The Labute approximate surface area is 155 Å². The maximum Gasteiger partial charge on any atom is 0.138 e. The zero-order valence-corrected chi connectivity index (χ0v) is 15.2. The van der Waals surface area contributed by atoms with Gasteiger partial charge in [-0.3, -0.25) is 4.98 Å². The molecule has 2 aromatic rings. The number of nitrogens with zero attached hydrogens (tertiary/aromatic N) is 1. The molecule has 0 saturated carbocycles. The number of benzene rings is 1. The zero-order valence-electron chi connectivity index (χ0n) is 15.2. The van der Waals surface area contributed by atoms with Crippen molar-refractivity contribution in [1.29, 1.82) is 0 Å². The SMILES string of the molecule is OCCCOCCCc1ccc(-c2cncc(OC[C@@H]3CCN3)c2)cc1. The van der Waals surface area contributed by atoms with Gasteiger partial charge in [0.15, 0.2) is 0 Å². The lowest BCUT2D eigenvalue weighted by Crippen LogP contribution is -2.46. The van der Waals surface area contributed by atoms with Gasteiger partial charge in [-0.2, -0.15) is 0 Å². The van der Waals surface area contributed by atoms with Gasteiger partial charge in [-0.15, -0.1) is 0 Å². The van der Waals surface area contributed by atoms with Gasteiger partial charge in [0, 0.05) is 37.6 Å². The van der Waals surface area contributed by atoms with Gasteiger partial charge in [0.2, 0.25) is 0 Å². The highest BCUT2D eigenvalue weighted by Crippen LogP contribution is 2.23. The Morgan fingerprint density at radius 3 is 2.62 bits per heavy atom. The molecule has 5 heteroatoms. The number of ether oxygens (including phenoxy) is 2. The Kier molecular flexibility index (Phi) is 7.43. The van der Waals surface area contributed by atoms with E-state index in [9.17, 15) is 0 Å². The summed E-state index contributed by atoms with van der Waals surface area (Å²) in [5.74, 6) is 0.820. The minimum absolute atomic E-state index is 0.194. The number of aliphatic hydroxyl groups is 1. The third-order valence-corrected chi connectivity index (χ3v) is 4.58. The summed E-state index contributed by atoms with van der Waals surface area (Å²) in [4.78, 5) is 4.31. The summed E-state index contributed by atoms with van der Waals surface area (Å²) in [7, 11) is 0. The van der Waals surface area contributed by atoms with Gasteiger partial charge in [0.05, 0.1) is 6.20 Å². The van der Waals surface area contributed by atoms with Crippen molar-refractivity contribution >= 4 is 0 Å². The highest BCUT2D eigenvalue weighted by atomic mass is 16.5. The van der Waals surface area contributed by atoms with Crippen LogP contribution >= 0.6 is 0 Å². The predicted molar refractivity (Wildman–Crippen MR) is 102 cm³/mol. The molecular formula is C21H28N2O3. The highest BCUT2D eigenvalue weighted by molar-refractivity contribution is 5.64. The van der Waals surface area contributed by atoms with Crippen LogP contribution in [0, 0.1) is 0 Å². The average molecular weight is 356 g/mol. The lowest BCUT2D eigenvalue weighted by molar-refractivity contribution is 0.114. The molecule has 1 aromatic carbocycles. The third kappa shape index (κ3) is 5.80. The monoisotopic (exact) mass is 356 g/mol. The minimum Gasteiger partial charge on any atom is -0.490 e. The molecule has 0 unspecified atom stereocenters. The number of aliphatic hydroxyl groups excluding tert-OH is 1. The van der Waals surface area contributed by atoms with Crippen molar-refractivity contribution in [2.45, 2.75) is 31.7 Å². The van der Waals surface area contributed by atoms with Gasteiger partial charge in [-0.05, 0) is 49.4 Å². The van der Waals surface area contributed by atoms with E-state index in [1.54, 1.807) is 6.20 Å². The van der Waals surface area contributed by atoms with Crippen LogP contribution in [-0.4, -0.2) is 49.1 Å². The van der Waals surface area contributed by atoms with E-state index in [0.717, 1.165) is 42.9 Å². The zero-order chi connectivity index (χ0) is 18.0. The molecule has 0 aliphatic carbocycles. The molecule has 140 valence electrons. The van der Waals surface area contributed by atoms with E-state index in [2.05, 4.69) is 40.6 Å². The Morgan fingerprint density at radius 1 is 1.08 bits per heavy atom. The number of rotatable bonds is 11. The molecule has 5 nitrogen and oxygen atoms in total. The van der Waals surface area contributed by atoms with Gasteiger partial charge in [-0.25, -0.2) is 0 Å². The summed E-state index contributed by atoms with van der Waals surface area (Å²) in [6, 6.07) is 11.1. The van der Waals surface area contributed by atoms with Crippen LogP contribution in [0.15, 0.2) is 42.7 Å². The molecule has 1 atom stereocenters. The van der Waals surface area contributed by atoms with Gasteiger partial charge in [0.1, 0.15) is 12.4 Å². The summed E-state index contributed by atoms with van der Waals surface area (Å²) < 4.78 is 11.3. The number of hydrogen-bond acceptors (Lipinski definition) is 5. The highest BCUT2D eigenvalue weighted by Gasteiger charge is 2.16. The van der Waals surface area contributed by atoms with Crippen molar-refractivity contribution in [3.05, 3.63) is 48.3 Å². The number of aryl methyl sites for hydroxylation is 1. The fraction of sp³-hybridized carbons (Fsp3) is 0.476. The van der Waals surface area contributed by atoms with Crippen molar-refractivity contribution in [1.82, 2.24) is 10.3 Å². The van der Waals surface area contributed by atoms with Gasteiger partial charge < -0.3 is 19.9 Å². The molecule has 26 heavy (non-hydrogen) atoms. The summed E-state index contributed by atoms with van der Waals surface area (Å²) in [5.41, 5.74) is 3.52. The lowest BCUT2D eigenvalue weighted by atomic mass is 10.0. The number of nitrogens with one attached hydrogen (secondary N) is 1. The van der Waals surface area contributed by atoms with E-state index in [4.69, 9.17) is 14.6 Å². The first-order valence-corrected chi connectivity index (χ1v) is 9.44. The van der Waals surface area contributed by atoms with Crippen molar-refractivity contribution in [3.63, 3.8) is 0 Å². The fourth-order valence-electron chi connectivity index (χ4n) is 2.85. The quantitative estimate of drug-likeness (QED) is 0.606. The smallest absolute Gasteiger partial charge is 0.138 e. The molecule has 1 aliphatic heterocycles. The molecular weight excluding hydrogens is 328 g/mol. The second-order valence-electron chi connectivity index (χ2n) is 6.65. The summed E-state index contributed by atoms with van der Waals surface area (Å²) in [6.45, 7) is 3.36. The van der Waals surface area contributed by atoms with Crippen LogP contribution in [-0.2, 0) is 11.2 Å². The van der Waals surface area contributed by atoms with Crippen LogP contribution in [0.3, 0.4) is 0 Å². The van der Waals surface area contributed by atoms with E-state index < -0.39 is 0 Å². The minimum atomic E-state index is 0.194. The van der Waals surface area contributed by atoms with Crippen LogP contribution in [0.25, 0.3) is 11.1 Å².